The van der Waals surface area contributed by atoms with Gasteiger partial charge in [-0.15, -0.1) is 11.3 Å². The van der Waals surface area contributed by atoms with Crippen LogP contribution >= 0.6 is 22.9 Å². The fourth-order valence-electron chi connectivity index (χ4n) is 1.83. The highest BCUT2D eigenvalue weighted by Gasteiger charge is 2.00. The molecule has 1 N–H and O–H groups in total. The Morgan fingerprint density at radius 3 is 2.94 bits per heavy atom. The Kier molecular flexibility index (Phi) is 4.66. The number of thiophene rings is 1. The van der Waals surface area contributed by atoms with Crippen LogP contribution in [0.1, 0.15) is 17.5 Å². The van der Waals surface area contributed by atoms with Gasteiger partial charge in [0.05, 0.1) is 4.34 Å². The molecule has 2 heterocycles. The standard InChI is InChI=1S/C13H17ClN2S/c1-2-16-9-3-4-11(16)10-15-8-7-12-5-6-13(14)17-12/h3-6,9,15H,2,7-8,10H2,1H3. The lowest BCUT2D eigenvalue weighted by atomic mass is 10.3. The lowest BCUT2D eigenvalue weighted by Crippen LogP contribution is -2.18. The largest absolute Gasteiger partial charge is 0.351 e. The molecule has 0 aliphatic carbocycles. The van der Waals surface area contributed by atoms with Gasteiger partial charge in [0.15, 0.2) is 0 Å². The number of nitrogens with zero attached hydrogens (tertiary/aromatic N) is 1. The molecule has 92 valence electrons. The average molecular weight is 269 g/mol. The van der Waals surface area contributed by atoms with E-state index in [9.17, 15) is 0 Å². The Labute approximate surface area is 111 Å². The summed E-state index contributed by atoms with van der Waals surface area (Å²) in [6.07, 6.45) is 3.17. The Morgan fingerprint density at radius 2 is 2.24 bits per heavy atom. The fourth-order valence-corrected chi connectivity index (χ4v) is 2.92. The van der Waals surface area contributed by atoms with Crippen molar-refractivity contribution in [3.63, 3.8) is 0 Å². The molecule has 0 saturated carbocycles. The van der Waals surface area contributed by atoms with Crippen molar-refractivity contribution in [1.82, 2.24) is 9.88 Å². The maximum atomic E-state index is 5.89. The number of rotatable bonds is 6. The molecule has 2 aromatic heterocycles. The lowest BCUT2D eigenvalue weighted by Gasteiger charge is -2.07. The summed E-state index contributed by atoms with van der Waals surface area (Å²) in [7, 11) is 0. The molecule has 0 radical (unpaired) electrons. The highest BCUT2D eigenvalue weighted by atomic mass is 35.5. The van der Waals surface area contributed by atoms with Crippen LogP contribution in [0.3, 0.4) is 0 Å². The van der Waals surface area contributed by atoms with Gasteiger partial charge in [-0.1, -0.05) is 11.6 Å². The highest BCUT2D eigenvalue weighted by Crippen LogP contribution is 2.21. The Morgan fingerprint density at radius 1 is 1.35 bits per heavy atom. The first-order valence-electron chi connectivity index (χ1n) is 5.88. The zero-order chi connectivity index (χ0) is 12.1. The molecular weight excluding hydrogens is 252 g/mol. The Bertz CT molecular complexity index is 461. The number of hydrogen-bond donors (Lipinski definition) is 1. The second kappa shape index (κ2) is 6.24. The lowest BCUT2D eigenvalue weighted by molar-refractivity contribution is 0.630. The summed E-state index contributed by atoms with van der Waals surface area (Å²) in [5.74, 6) is 0. The van der Waals surface area contributed by atoms with Gasteiger partial charge in [0, 0.05) is 36.4 Å². The topological polar surface area (TPSA) is 17.0 Å². The molecular formula is C13H17ClN2S. The van der Waals surface area contributed by atoms with Crippen LogP contribution in [0, 0.1) is 0 Å². The van der Waals surface area contributed by atoms with E-state index >= 15 is 0 Å². The van der Waals surface area contributed by atoms with E-state index < -0.39 is 0 Å². The number of aryl methyl sites for hydroxylation is 1. The van der Waals surface area contributed by atoms with Crippen LogP contribution in [0.25, 0.3) is 0 Å². The summed E-state index contributed by atoms with van der Waals surface area (Å²) in [4.78, 5) is 1.34. The normalized spacial score (nSPS) is 10.9. The molecule has 0 unspecified atom stereocenters. The molecule has 0 aromatic carbocycles. The molecule has 0 atom stereocenters. The smallest absolute Gasteiger partial charge is 0.0931 e. The minimum absolute atomic E-state index is 0.875. The molecule has 2 rings (SSSR count). The van der Waals surface area contributed by atoms with Crippen LogP contribution in [-0.4, -0.2) is 11.1 Å². The van der Waals surface area contributed by atoms with Crippen LogP contribution in [0.2, 0.25) is 4.34 Å². The van der Waals surface area contributed by atoms with E-state index in [1.807, 2.05) is 6.07 Å². The number of hydrogen-bond acceptors (Lipinski definition) is 2. The highest BCUT2D eigenvalue weighted by molar-refractivity contribution is 7.16. The number of halogens is 1. The van der Waals surface area contributed by atoms with E-state index in [1.54, 1.807) is 11.3 Å². The second-order valence-corrected chi connectivity index (χ2v) is 5.72. The van der Waals surface area contributed by atoms with Gasteiger partial charge in [-0.05, 0) is 37.6 Å². The van der Waals surface area contributed by atoms with Crippen LogP contribution in [-0.2, 0) is 19.5 Å². The molecule has 2 nitrogen and oxygen atoms in total. The number of aromatic nitrogens is 1. The molecule has 0 aliphatic rings. The molecule has 0 spiro atoms. The van der Waals surface area contributed by atoms with Crippen molar-refractivity contribution >= 4 is 22.9 Å². The van der Waals surface area contributed by atoms with Crippen molar-refractivity contribution in [3.05, 3.63) is 45.4 Å². The minimum Gasteiger partial charge on any atom is -0.351 e. The van der Waals surface area contributed by atoms with Gasteiger partial charge >= 0.3 is 0 Å². The predicted octanol–water partition coefficient (Wildman–Crippen LogP) is 3.56. The summed E-state index contributed by atoms with van der Waals surface area (Å²) in [6, 6.07) is 8.32. The van der Waals surface area contributed by atoms with Gasteiger partial charge in [-0.2, -0.15) is 0 Å². The zero-order valence-corrected chi connectivity index (χ0v) is 11.5. The third-order valence-corrected chi connectivity index (χ3v) is 4.04. The monoisotopic (exact) mass is 268 g/mol. The van der Waals surface area contributed by atoms with Gasteiger partial charge in [-0.3, -0.25) is 0 Å². The van der Waals surface area contributed by atoms with Crippen molar-refractivity contribution in [2.45, 2.75) is 26.4 Å². The van der Waals surface area contributed by atoms with Crippen molar-refractivity contribution in [2.24, 2.45) is 0 Å². The summed E-state index contributed by atoms with van der Waals surface area (Å²) >= 11 is 7.55. The van der Waals surface area contributed by atoms with Gasteiger partial charge in [0.2, 0.25) is 0 Å². The van der Waals surface area contributed by atoms with Crippen LogP contribution in [0.5, 0.6) is 0 Å². The molecule has 0 bridgehead atoms. The molecule has 0 fully saturated rings. The molecule has 4 heteroatoms. The fraction of sp³-hybridized carbons (Fsp3) is 0.385. The summed E-state index contributed by atoms with van der Waals surface area (Å²) in [5.41, 5.74) is 1.34. The van der Waals surface area contributed by atoms with E-state index in [2.05, 4.69) is 41.2 Å². The summed E-state index contributed by atoms with van der Waals surface area (Å²) < 4.78 is 3.13. The van der Waals surface area contributed by atoms with Gasteiger partial charge in [0.25, 0.3) is 0 Å². The van der Waals surface area contributed by atoms with Crippen LogP contribution in [0.4, 0.5) is 0 Å². The van der Waals surface area contributed by atoms with E-state index in [1.165, 1.54) is 10.6 Å². The van der Waals surface area contributed by atoms with Gasteiger partial charge in [-0.25, -0.2) is 0 Å². The van der Waals surface area contributed by atoms with E-state index in [-0.39, 0.29) is 0 Å². The SMILES string of the molecule is CCn1cccc1CNCCc1ccc(Cl)s1. The quantitative estimate of drug-likeness (QED) is 0.793. The van der Waals surface area contributed by atoms with Gasteiger partial charge < -0.3 is 9.88 Å². The molecule has 0 aliphatic heterocycles. The molecule has 0 amide bonds. The summed E-state index contributed by atoms with van der Waals surface area (Å²) in [5, 5.41) is 3.46. The van der Waals surface area contributed by atoms with Crippen molar-refractivity contribution in [1.29, 1.82) is 0 Å². The first-order valence-corrected chi connectivity index (χ1v) is 7.08. The third kappa shape index (κ3) is 3.60. The van der Waals surface area contributed by atoms with E-state index in [0.29, 0.717) is 0 Å². The minimum atomic E-state index is 0.875. The average Bonchev–Trinajstić information content (AvgIpc) is 2.93. The first kappa shape index (κ1) is 12.7. The van der Waals surface area contributed by atoms with Crippen LogP contribution < -0.4 is 5.32 Å². The first-order chi connectivity index (χ1) is 8.29. The second-order valence-electron chi connectivity index (χ2n) is 3.92. The van der Waals surface area contributed by atoms with E-state index in [4.69, 9.17) is 11.6 Å². The van der Waals surface area contributed by atoms with Crippen LogP contribution in [0.15, 0.2) is 30.5 Å². The molecule has 0 saturated heterocycles. The summed E-state index contributed by atoms with van der Waals surface area (Å²) in [6.45, 7) is 5.12. The predicted molar refractivity (Wildman–Crippen MR) is 74.8 cm³/mol. The maximum Gasteiger partial charge on any atom is 0.0931 e. The Hall–Kier alpha value is -0.770. The molecule has 17 heavy (non-hydrogen) atoms. The third-order valence-electron chi connectivity index (χ3n) is 2.75. The molecule has 2 aromatic rings. The number of nitrogens with one attached hydrogen (secondary N) is 1. The zero-order valence-electron chi connectivity index (χ0n) is 9.95. The van der Waals surface area contributed by atoms with E-state index in [0.717, 1.165) is 30.4 Å². The van der Waals surface area contributed by atoms with Crippen molar-refractivity contribution in [3.8, 4) is 0 Å². The van der Waals surface area contributed by atoms with Gasteiger partial charge in [0.1, 0.15) is 0 Å². The Balaban J connectivity index is 1.73. The van der Waals surface area contributed by atoms with Crippen molar-refractivity contribution < 1.29 is 0 Å². The van der Waals surface area contributed by atoms with Crippen molar-refractivity contribution in [2.75, 3.05) is 6.54 Å². The maximum absolute atomic E-state index is 5.89.